The average molecular weight is 480 g/mol. The number of ether oxygens (including phenoxy) is 1. The quantitative estimate of drug-likeness (QED) is 0.234. The highest BCUT2D eigenvalue weighted by atomic mass is 32.2. The summed E-state index contributed by atoms with van der Waals surface area (Å²) in [6.45, 7) is 1.46. The van der Waals surface area contributed by atoms with Crippen LogP contribution in [0.5, 0.6) is 5.88 Å². The highest BCUT2D eigenvalue weighted by Crippen LogP contribution is 2.35. The average Bonchev–Trinajstić information content (AvgIpc) is 3.26. The molecule has 2 N–H and O–H groups in total. The van der Waals surface area contributed by atoms with Crippen molar-refractivity contribution in [1.29, 1.82) is 0 Å². The van der Waals surface area contributed by atoms with Crippen LogP contribution in [0.15, 0.2) is 33.8 Å². The number of hydrogen-bond donors (Lipinski definition) is 2. The van der Waals surface area contributed by atoms with E-state index in [1.807, 2.05) is 6.08 Å². The summed E-state index contributed by atoms with van der Waals surface area (Å²) in [6, 6.07) is 0. The van der Waals surface area contributed by atoms with Gasteiger partial charge in [0.1, 0.15) is 5.78 Å². The van der Waals surface area contributed by atoms with E-state index in [2.05, 4.69) is 9.72 Å². The van der Waals surface area contributed by atoms with Crippen LogP contribution in [0.25, 0.3) is 0 Å². The Morgan fingerprint density at radius 2 is 2.19 bits per heavy atom. The van der Waals surface area contributed by atoms with Gasteiger partial charge in [0.15, 0.2) is 10.2 Å². The third kappa shape index (κ3) is 8.66. The van der Waals surface area contributed by atoms with Gasteiger partial charge in [0.2, 0.25) is 5.88 Å². The van der Waals surface area contributed by atoms with E-state index in [9.17, 15) is 27.9 Å². The topological polar surface area (TPSA) is 96.7 Å². The van der Waals surface area contributed by atoms with Gasteiger partial charge in [0.25, 0.3) is 0 Å². The number of thiazole rings is 1. The number of aliphatic hydroxyl groups is 1. The van der Waals surface area contributed by atoms with Crippen LogP contribution >= 0.6 is 23.1 Å². The fourth-order valence-corrected chi connectivity index (χ4v) is 5.14. The molecule has 1 fully saturated rings. The van der Waals surface area contributed by atoms with Crippen LogP contribution < -0.4 is 4.74 Å². The second-order valence-corrected chi connectivity index (χ2v) is 9.73. The van der Waals surface area contributed by atoms with E-state index in [1.54, 1.807) is 6.08 Å². The van der Waals surface area contributed by atoms with Crippen molar-refractivity contribution in [3.63, 3.8) is 0 Å². The van der Waals surface area contributed by atoms with Gasteiger partial charge in [0.05, 0.1) is 11.0 Å². The molecule has 1 saturated carbocycles. The maximum atomic E-state index is 12.9. The first-order valence-corrected chi connectivity index (χ1v) is 11.5. The Hall–Kier alpha value is -1.85. The first-order chi connectivity index (χ1) is 14.6. The molecule has 2 rings (SSSR count). The van der Waals surface area contributed by atoms with Crippen LogP contribution in [0.4, 0.5) is 18.0 Å². The molecule has 0 radical (unpaired) electrons. The fourth-order valence-electron chi connectivity index (χ4n) is 3.33. The molecule has 11 heteroatoms. The Bertz CT molecular complexity index is 837. The van der Waals surface area contributed by atoms with E-state index in [0.29, 0.717) is 29.4 Å². The van der Waals surface area contributed by atoms with Crippen LogP contribution in [0.2, 0.25) is 0 Å². The van der Waals surface area contributed by atoms with Crippen molar-refractivity contribution in [2.45, 2.75) is 55.4 Å². The maximum absolute atomic E-state index is 12.9. The third-order valence-corrected chi connectivity index (χ3v) is 7.02. The normalized spacial score (nSPS) is 20.7. The molecule has 3 atom stereocenters. The van der Waals surface area contributed by atoms with Gasteiger partial charge in [0, 0.05) is 24.5 Å². The Balaban J connectivity index is 1.82. The Morgan fingerprint density at radius 3 is 2.87 bits per heavy atom. The van der Waals surface area contributed by atoms with Crippen molar-refractivity contribution in [2.24, 2.45) is 11.8 Å². The Morgan fingerprint density at radius 1 is 1.45 bits per heavy atom. The highest BCUT2D eigenvalue weighted by Gasteiger charge is 2.32. The third-order valence-electron chi connectivity index (χ3n) is 4.99. The van der Waals surface area contributed by atoms with Gasteiger partial charge >= 0.3 is 12.2 Å². The first kappa shape index (κ1) is 25.4. The van der Waals surface area contributed by atoms with Crippen molar-refractivity contribution in [3.8, 4) is 5.88 Å². The number of rotatable bonds is 11. The second kappa shape index (κ2) is 11.7. The van der Waals surface area contributed by atoms with E-state index < -0.39 is 30.1 Å². The number of allylic oxidation sites excluding steroid dienone is 2. The van der Waals surface area contributed by atoms with Gasteiger partial charge in [-0.2, -0.15) is 13.8 Å². The summed E-state index contributed by atoms with van der Waals surface area (Å²) in [4.78, 5) is 26.8. The predicted molar refractivity (Wildman–Crippen MR) is 111 cm³/mol. The van der Waals surface area contributed by atoms with Crippen LogP contribution in [0.1, 0.15) is 45.4 Å². The van der Waals surface area contributed by atoms with E-state index >= 15 is 0 Å². The number of nitrogens with zero attached hydrogens (tertiary/aromatic N) is 1. The molecule has 172 valence electrons. The minimum Gasteiger partial charge on any atom is -0.449 e. The van der Waals surface area contributed by atoms with E-state index in [1.165, 1.54) is 35.4 Å². The molecule has 1 aromatic rings. The molecule has 0 amide bonds. The van der Waals surface area contributed by atoms with Crippen LogP contribution in [0, 0.1) is 11.8 Å². The van der Waals surface area contributed by atoms with Gasteiger partial charge in [-0.05, 0) is 38.5 Å². The number of carbonyl (C=O) groups is 2. The number of carbonyl (C=O) groups excluding carboxylic acids is 1. The monoisotopic (exact) mass is 479 g/mol. The van der Waals surface area contributed by atoms with Gasteiger partial charge in [-0.1, -0.05) is 23.9 Å². The highest BCUT2D eigenvalue weighted by molar-refractivity contribution is 8.01. The number of Topliss-reactive ketones (excluding diaryl/α,β-unsaturated/α-hetero) is 1. The zero-order valence-electron chi connectivity index (χ0n) is 16.9. The van der Waals surface area contributed by atoms with Crippen LogP contribution in [0.3, 0.4) is 0 Å². The van der Waals surface area contributed by atoms with Crippen LogP contribution in [-0.2, 0) is 4.79 Å². The van der Waals surface area contributed by atoms with E-state index in [0.717, 1.165) is 0 Å². The number of aromatic nitrogens is 1. The molecule has 0 spiro atoms. The fraction of sp³-hybridized carbons (Fsp3) is 0.550. The molecule has 1 aliphatic carbocycles. The molecule has 0 bridgehead atoms. The zero-order chi connectivity index (χ0) is 23.0. The van der Waals surface area contributed by atoms with Gasteiger partial charge in [-0.25, -0.2) is 9.18 Å². The largest absolute Gasteiger partial charge is 0.512 e. The predicted octanol–water partition coefficient (Wildman–Crippen LogP) is 5.83. The minimum atomic E-state index is -2.36. The smallest absolute Gasteiger partial charge is 0.449 e. The van der Waals surface area contributed by atoms with Crippen LogP contribution in [-0.4, -0.2) is 38.5 Å². The molecule has 0 aromatic carbocycles. The zero-order valence-corrected chi connectivity index (χ0v) is 18.5. The number of hydrogen-bond acceptors (Lipinski definition) is 7. The Labute approximate surface area is 186 Å². The lowest BCUT2D eigenvalue weighted by atomic mass is 9.90. The van der Waals surface area contributed by atoms with Gasteiger partial charge in [-0.15, -0.1) is 11.3 Å². The van der Waals surface area contributed by atoms with E-state index in [4.69, 9.17) is 5.11 Å². The molecule has 1 aliphatic rings. The SMILES string of the molecule is C[C@@](O)(C/C=C/[C@H]1CCC(=O)[C@@H]1CCSc1nc(OC(=O)O)cs1)CCC(F)=C(F)F. The molecular weight excluding hydrogens is 455 g/mol. The molecule has 1 aromatic heterocycles. The molecule has 0 saturated heterocycles. The lowest BCUT2D eigenvalue weighted by Crippen LogP contribution is -2.23. The molecule has 0 unspecified atom stereocenters. The van der Waals surface area contributed by atoms with Gasteiger partial charge < -0.3 is 14.9 Å². The van der Waals surface area contributed by atoms with Crippen molar-refractivity contribution in [3.05, 3.63) is 29.4 Å². The summed E-state index contributed by atoms with van der Waals surface area (Å²) in [5.74, 6) is -0.838. The summed E-state index contributed by atoms with van der Waals surface area (Å²) < 4.78 is 42.4. The van der Waals surface area contributed by atoms with Crippen molar-refractivity contribution < 1.29 is 37.7 Å². The Kier molecular flexibility index (Phi) is 9.57. The number of halogens is 3. The minimum absolute atomic E-state index is 0.0195. The summed E-state index contributed by atoms with van der Waals surface area (Å²) in [7, 11) is 0. The van der Waals surface area contributed by atoms with Crippen molar-refractivity contribution in [1.82, 2.24) is 4.98 Å². The summed E-state index contributed by atoms with van der Waals surface area (Å²) in [5.41, 5.74) is -1.32. The number of thioether (sulfide) groups is 1. The molecule has 0 aliphatic heterocycles. The second-order valence-electron chi connectivity index (χ2n) is 7.53. The number of ketones is 1. The van der Waals surface area contributed by atoms with Gasteiger partial charge in [-0.3, -0.25) is 4.79 Å². The molecule has 31 heavy (non-hydrogen) atoms. The summed E-state index contributed by atoms with van der Waals surface area (Å²) in [5, 5.41) is 20.3. The summed E-state index contributed by atoms with van der Waals surface area (Å²) >= 11 is 2.68. The lowest BCUT2D eigenvalue weighted by Gasteiger charge is -2.21. The maximum Gasteiger partial charge on any atom is 0.512 e. The van der Waals surface area contributed by atoms with Crippen molar-refractivity contribution in [2.75, 3.05) is 5.75 Å². The van der Waals surface area contributed by atoms with E-state index in [-0.39, 0.29) is 36.3 Å². The molecule has 1 heterocycles. The number of carboxylic acid groups (broad SMARTS) is 1. The summed E-state index contributed by atoms with van der Waals surface area (Å²) in [6.07, 6.45) is 1.12. The lowest BCUT2D eigenvalue weighted by molar-refractivity contribution is -0.121. The molecular formula is C20H24F3NO5S2. The molecule has 6 nitrogen and oxygen atoms in total. The van der Waals surface area contributed by atoms with Crippen molar-refractivity contribution >= 4 is 35.0 Å². The standard InChI is InChI=1S/C20H24F3NO5S2/c1-20(28,9-6-14(21)17(22)23)8-2-3-12-4-5-15(25)13(12)7-10-30-18-24-16(11-31-18)29-19(26)27/h2-3,11-13,28H,4-10H2,1H3,(H,26,27)/b3-2+/t12-,13+,20+/m0/s1. The first-order valence-electron chi connectivity index (χ1n) is 9.68.